The molecule has 0 spiro atoms. The molecule has 0 radical (unpaired) electrons. The molecule has 14 heavy (non-hydrogen) atoms. The average molecular weight is 213 g/mol. The summed E-state index contributed by atoms with van der Waals surface area (Å²) >= 11 is 1.68. The van der Waals surface area contributed by atoms with Gasteiger partial charge in [-0.15, -0.1) is 11.8 Å². The third-order valence-corrected chi connectivity index (χ3v) is 4.32. The standard InChI is InChI=1S/C10H15NO2S/c11-10-8(6-12)5-9(14-10)7-1-3-13-4-2-7/h6-7,9H,1-5,11H2. The Morgan fingerprint density at radius 1 is 1.43 bits per heavy atom. The molecule has 4 heteroatoms. The van der Waals surface area contributed by atoms with Gasteiger partial charge in [0.25, 0.3) is 0 Å². The zero-order chi connectivity index (χ0) is 9.97. The van der Waals surface area contributed by atoms with Crippen molar-refractivity contribution < 1.29 is 9.53 Å². The van der Waals surface area contributed by atoms with Crippen molar-refractivity contribution in [2.75, 3.05) is 13.2 Å². The largest absolute Gasteiger partial charge is 0.393 e. The highest BCUT2D eigenvalue weighted by atomic mass is 32.2. The molecule has 0 aromatic rings. The summed E-state index contributed by atoms with van der Waals surface area (Å²) < 4.78 is 5.32. The van der Waals surface area contributed by atoms with Gasteiger partial charge in [-0.25, -0.2) is 0 Å². The third-order valence-electron chi connectivity index (χ3n) is 2.95. The molecule has 2 N–H and O–H groups in total. The molecule has 0 aliphatic carbocycles. The molecule has 3 nitrogen and oxygen atoms in total. The lowest BCUT2D eigenvalue weighted by Gasteiger charge is -2.26. The van der Waals surface area contributed by atoms with Crippen LogP contribution in [-0.4, -0.2) is 24.7 Å². The fourth-order valence-electron chi connectivity index (χ4n) is 2.05. The first kappa shape index (κ1) is 10.1. The molecule has 0 aromatic carbocycles. The Hall–Kier alpha value is -0.480. The minimum absolute atomic E-state index is 0.513. The molecule has 2 rings (SSSR count). The number of ether oxygens (including phenoxy) is 1. The van der Waals surface area contributed by atoms with E-state index in [0.717, 1.165) is 49.4 Å². The summed E-state index contributed by atoms with van der Waals surface area (Å²) in [5.41, 5.74) is 6.56. The number of aldehydes is 1. The van der Waals surface area contributed by atoms with Gasteiger partial charge in [-0.3, -0.25) is 4.79 Å². The number of thioether (sulfide) groups is 1. The van der Waals surface area contributed by atoms with Gasteiger partial charge in [0.05, 0.1) is 5.03 Å². The van der Waals surface area contributed by atoms with Gasteiger partial charge in [-0.1, -0.05) is 0 Å². The quantitative estimate of drug-likeness (QED) is 0.702. The van der Waals surface area contributed by atoms with Gasteiger partial charge in [0.15, 0.2) is 0 Å². The smallest absolute Gasteiger partial charge is 0.148 e. The molecule has 1 unspecified atom stereocenters. The topological polar surface area (TPSA) is 52.3 Å². The highest BCUT2D eigenvalue weighted by Gasteiger charge is 2.31. The fourth-order valence-corrected chi connectivity index (χ4v) is 3.39. The highest BCUT2D eigenvalue weighted by Crippen LogP contribution is 2.40. The monoisotopic (exact) mass is 213 g/mol. The van der Waals surface area contributed by atoms with Gasteiger partial charge in [-0.2, -0.15) is 0 Å². The van der Waals surface area contributed by atoms with Crippen LogP contribution in [-0.2, 0) is 9.53 Å². The zero-order valence-corrected chi connectivity index (χ0v) is 8.89. The van der Waals surface area contributed by atoms with E-state index in [2.05, 4.69) is 0 Å². The number of hydrogen-bond donors (Lipinski definition) is 1. The Kier molecular flexibility index (Phi) is 3.13. The molecular formula is C10H15NO2S. The van der Waals surface area contributed by atoms with E-state index in [1.54, 1.807) is 11.8 Å². The summed E-state index contributed by atoms with van der Waals surface area (Å²) in [6.45, 7) is 1.72. The Morgan fingerprint density at radius 3 is 2.71 bits per heavy atom. The summed E-state index contributed by atoms with van der Waals surface area (Å²) in [7, 11) is 0. The van der Waals surface area contributed by atoms with Gasteiger partial charge >= 0.3 is 0 Å². The van der Waals surface area contributed by atoms with Crippen LogP contribution in [0.25, 0.3) is 0 Å². The minimum atomic E-state index is 0.513. The molecule has 0 saturated carbocycles. The Morgan fingerprint density at radius 2 is 2.14 bits per heavy atom. The predicted molar refractivity (Wildman–Crippen MR) is 56.8 cm³/mol. The second kappa shape index (κ2) is 4.36. The fraction of sp³-hybridized carbons (Fsp3) is 0.700. The van der Waals surface area contributed by atoms with Gasteiger partial charge in [0.2, 0.25) is 0 Å². The summed E-state index contributed by atoms with van der Waals surface area (Å²) in [6.07, 6.45) is 3.97. The van der Waals surface area contributed by atoms with Crippen molar-refractivity contribution in [3.8, 4) is 0 Å². The summed E-state index contributed by atoms with van der Waals surface area (Å²) in [4.78, 5) is 10.7. The Bertz CT molecular complexity index is 259. The molecule has 1 saturated heterocycles. The first-order chi connectivity index (χ1) is 6.81. The van der Waals surface area contributed by atoms with Crippen LogP contribution >= 0.6 is 11.8 Å². The number of carbonyl (C=O) groups excluding carboxylic acids is 1. The van der Waals surface area contributed by atoms with Gasteiger partial charge < -0.3 is 10.5 Å². The van der Waals surface area contributed by atoms with Crippen molar-refractivity contribution in [1.29, 1.82) is 0 Å². The molecular weight excluding hydrogens is 198 g/mol. The maximum absolute atomic E-state index is 10.7. The lowest BCUT2D eigenvalue weighted by atomic mass is 9.93. The molecule has 2 aliphatic heterocycles. The zero-order valence-electron chi connectivity index (χ0n) is 8.07. The van der Waals surface area contributed by atoms with Crippen LogP contribution in [0.2, 0.25) is 0 Å². The van der Waals surface area contributed by atoms with Crippen LogP contribution in [0.4, 0.5) is 0 Å². The molecule has 1 atom stereocenters. The first-order valence-electron chi connectivity index (χ1n) is 4.99. The number of allylic oxidation sites excluding steroid dienone is 1. The first-order valence-corrected chi connectivity index (χ1v) is 5.87. The van der Waals surface area contributed by atoms with Crippen LogP contribution in [0.1, 0.15) is 19.3 Å². The summed E-state index contributed by atoms with van der Waals surface area (Å²) in [5, 5.41) is 1.25. The van der Waals surface area contributed by atoms with Crippen molar-refractivity contribution in [3.63, 3.8) is 0 Å². The highest BCUT2D eigenvalue weighted by molar-refractivity contribution is 8.03. The SMILES string of the molecule is NC1=C(C=O)CC(C2CCOCC2)S1. The van der Waals surface area contributed by atoms with Gasteiger partial charge in [0, 0.05) is 24.0 Å². The maximum atomic E-state index is 10.7. The van der Waals surface area contributed by atoms with Gasteiger partial charge in [-0.05, 0) is 25.2 Å². The summed E-state index contributed by atoms with van der Waals surface area (Å²) in [5.74, 6) is 0.671. The van der Waals surface area contributed by atoms with Crippen LogP contribution in [0.5, 0.6) is 0 Å². The van der Waals surface area contributed by atoms with E-state index in [9.17, 15) is 4.79 Å². The molecule has 0 aromatic heterocycles. The van der Waals surface area contributed by atoms with Crippen LogP contribution < -0.4 is 5.73 Å². The third kappa shape index (κ3) is 1.96. The lowest BCUT2D eigenvalue weighted by Crippen LogP contribution is -2.24. The van der Waals surface area contributed by atoms with Crippen molar-refractivity contribution in [2.45, 2.75) is 24.5 Å². The van der Waals surface area contributed by atoms with Crippen molar-refractivity contribution >= 4 is 18.0 Å². The second-order valence-corrected chi connectivity index (χ2v) is 5.10. The van der Waals surface area contributed by atoms with Crippen LogP contribution in [0.15, 0.2) is 10.6 Å². The predicted octanol–water partition coefficient (Wildman–Crippen LogP) is 1.29. The number of nitrogens with two attached hydrogens (primary N) is 1. The van der Waals surface area contributed by atoms with E-state index in [-0.39, 0.29) is 0 Å². The second-order valence-electron chi connectivity index (χ2n) is 3.82. The van der Waals surface area contributed by atoms with Crippen LogP contribution in [0.3, 0.4) is 0 Å². The number of hydrogen-bond acceptors (Lipinski definition) is 4. The molecule has 2 aliphatic rings. The number of rotatable bonds is 2. The molecule has 78 valence electrons. The van der Waals surface area contributed by atoms with Gasteiger partial charge in [0.1, 0.15) is 6.29 Å². The van der Waals surface area contributed by atoms with Crippen molar-refractivity contribution in [3.05, 3.63) is 10.6 Å². The van der Waals surface area contributed by atoms with E-state index in [1.807, 2.05) is 0 Å². The number of carbonyl (C=O) groups is 1. The Balaban J connectivity index is 1.93. The molecule has 0 amide bonds. The summed E-state index contributed by atoms with van der Waals surface area (Å²) in [6, 6.07) is 0. The van der Waals surface area contributed by atoms with E-state index in [4.69, 9.17) is 10.5 Å². The lowest BCUT2D eigenvalue weighted by molar-refractivity contribution is -0.105. The molecule has 2 heterocycles. The van der Waals surface area contributed by atoms with Crippen molar-refractivity contribution in [1.82, 2.24) is 0 Å². The Labute approximate surface area is 88.1 Å². The van der Waals surface area contributed by atoms with E-state index < -0.39 is 0 Å². The minimum Gasteiger partial charge on any atom is -0.393 e. The van der Waals surface area contributed by atoms with Crippen LogP contribution in [0, 0.1) is 5.92 Å². The van der Waals surface area contributed by atoms with E-state index in [1.165, 1.54) is 0 Å². The van der Waals surface area contributed by atoms with E-state index >= 15 is 0 Å². The normalized spacial score (nSPS) is 29.6. The molecule has 1 fully saturated rings. The van der Waals surface area contributed by atoms with Crippen molar-refractivity contribution in [2.24, 2.45) is 11.7 Å². The maximum Gasteiger partial charge on any atom is 0.148 e. The molecule has 0 bridgehead atoms. The van der Waals surface area contributed by atoms with E-state index in [0.29, 0.717) is 11.2 Å². The average Bonchev–Trinajstić information content (AvgIpc) is 2.61.